The molecular weight excluding hydrogens is 376 g/mol. The number of aromatic nitrogens is 1. The summed E-state index contributed by atoms with van der Waals surface area (Å²) in [6.45, 7) is 2.81. The smallest absolute Gasteiger partial charge is 0.273 e. The third-order valence-electron chi connectivity index (χ3n) is 3.79. The van der Waals surface area contributed by atoms with Crippen molar-refractivity contribution in [2.24, 2.45) is 5.92 Å². The van der Waals surface area contributed by atoms with Crippen molar-refractivity contribution in [3.05, 3.63) is 51.8 Å². The number of nitrogens with zero attached hydrogens (tertiary/aromatic N) is 1. The minimum absolute atomic E-state index is 0.232. The van der Waals surface area contributed by atoms with Crippen LogP contribution < -0.4 is 5.32 Å². The average Bonchev–Trinajstić information content (AvgIpc) is 3.26. The molecule has 3 rings (SSSR count). The van der Waals surface area contributed by atoms with Gasteiger partial charge in [0.2, 0.25) is 0 Å². The fourth-order valence-corrected chi connectivity index (χ4v) is 2.67. The molecule has 1 atom stereocenters. The Morgan fingerprint density at radius 3 is 2.92 bits per heavy atom. The molecule has 0 radical (unpaired) electrons. The number of nitrogens with one attached hydrogen (secondary N) is 1. The average molecular weight is 395 g/mol. The highest BCUT2D eigenvalue weighted by Crippen LogP contribution is 2.13. The Balaban J connectivity index is 1.42. The molecule has 1 fully saturated rings. The number of ether oxygens (including phenoxy) is 2. The molecular formula is C17H19BrN2O4. The van der Waals surface area contributed by atoms with Crippen molar-refractivity contribution < 1.29 is 18.8 Å². The maximum Gasteiger partial charge on any atom is 0.273 e. The Morgan fingerprint density at radius 1 is 1.33 bits per heavy atom. The van der Waals surface area contributed by atoms with Gasteiger partial charge in [-0.3, -0.25) is 4.79 Å². The predicted octanol–water partition coefficient (Wildman–Crippen LogP) is 2.92. The summed E-state index contributed by atoms with van der Waals surface area (Å²) in [5, 5.41) is 6.65. The molecule has 1 aromatic heterocycles. The number of amides is 1. The molecule has 1 saturated heterocycles. The second-order valence-electron chi connectivity index (χ2n) is 5.74. The zero-order valence-electron chi connectivity index (χ0n) is 13.2. The van der Waals surface area contributed by atoms with Gasteiger partial charge in [-0.25, -0.2) is 0 Å². The van der Waals surface area contributed by atoms with Gasteiger partial charge in [0.25, 0.3) is 5.91 Å². The lowest BCUT2D eigenvalue weighted by Gasteiger charge is -2.07. The van der Waals surface area contributed by atoms with Gasteiger partial charge in [-0.05, 0) is 24.1 Å². The summed E-state index contributed by atoms with van der Waals surface area (Å²) >= 11 is 3.39. The summed E-state index contributed by atoms with van der Waals surface area (Å²) in [4.78, 5) is 12.0. The molecule has 2 aromatic rings. The van der Waals surface area contributed by atoms with E-state index < -0.39 is 0 Å². The van der Waals surface area contributed by atoms with E-state index in [1.54, 1.807) is 6.07 Å². The number of hydrogen-bond acceptors (Lipinski definition) is 5. The standard InChI is InChI=1S/C17H19BrN2O4/c18-14-3-1-12(2-4-14)9-23-11-15-7-16(20-24-15)17(21)19-8-13-5-6-22-10-13/h1-4,7,13H,5-6,8-11H2,(H,19,21). The molecule has 24 heavy (non-hydrogen) atoms. The van der Waals surface area contributed by atoms with Gasteiger partial charge in [0.1, 0.15) is 6.61 Å². The lowest BCUT2D eigenvalue weighted by Crippen LogP contribution is -2.29. The first-order valence-electron chi connectivity index (χ1n) is 7.84. The van der Waals surface area contributed by atoms with Crippen molar-refractivity contribution in [3.8, 4) is 0 Å². The van der Waals surface area contributed by atoms with Crippen LogP contribution in [0.5, 0.6) is 0 Å². The molecule has 0 spiro atoms. The lowest BCUT2D eigenvalue weighted by atomic mass is 10.1. The van der Waals surface area contributed by atoms with Crippen molar-refractivity contribution in [2.45, 2.75) is 19.6 Å². The molecule has 1 N–H and O–H groups in total. The minimum atomic E-state index is -0.232. The van der Waals surface area contributed by atoms with Crippen molar-refractivity contribution >= 4 is 21.8 Å². The molecule has 1 aliphatic heterocycles. The molecule has 128 valence electrons. The number of carbonyl (C=O) groups is 1. The van der Waals surface area contributed by atoms with Crippen LogP contribution in [0.25, 0.3) is 0 Å². The quantitative estimate of drug-likeness (QED) is 0.781. The summed E-state index contributed by atoms with van der Waals surface area (Å²) in [6.07, 6.45) is 0.980. The van der Waals surface area contributed by atoms with Gasteiger partial charge in [-0.1, -0.05) is 33.2 Å². The van der Waals surface area contributed by atoms with Gasteiger partial charge in [-0.2, -0.15) is 0 Å². The van der Waals surface area contributed by atoms with Gasteiger partial charge in [-0.15, -0.1) is 0 Å². The van der Waals surface area contributed by atoms with Crippen molar-refractivity contribution in [1.29, 1.82) is 0 Å². The second kappa shape index (κ2) is 8.41. The first-order chi connectivity index (χ1) is 11.7. The van der Waals surface area contributed by atoms with E-state index in [0.29, 0.717) is 31.4 Å². The van der Waals surface area contributed by atoms with E-state index in [-0.39, 0.29) is 18.2 Å². The Labute approximate surface area is 148 Å². The molecule has 6 nitrogen and oxygen atoms in total. The van der Waals surface area contributed by atoms with E-state index in [0.717, 1.165) is 23.1 Å². The number of halogens is 1. The highest BCUT2D eigenvalue weighted by molar-refractivity contribution is 9.10. The molecule has 1 aliphatic rings. The number of benzene rings is 1. The Kier molecular flexibility index (Phi) is 6.01. The number of carbonyl (C=O) groups excluding carboxylic acids is 1. The second-order valence-corrected chi connectivity index (χ2v) is 6.65. The zero-order valence-corrected chi connectivity index (χ0v) is 14.8. The van der Waals surface area contributed by atoms with Crippen LogP contribution in [0.1, 0.15) is 28.2 Å². The topological polar surface area (TPSA) is 73.6 Å². The van der Waals surface area contributed by atoms with E-state index in [9.17, 15) is 4.79 Å². The van der Waals surface area contributed by atoms with E-state index in [2.05, 4.69) is 26.4 Å². The van der Waals surface area contributed by atoms with Gasteiger partial charge in [0.05, 0.1) is 13.2 Å². The molecule has 1 amide bonds. The summed E-state index contributed by atoms with van der Waals surface area (Å²) < 4.78 is 17.0. The number of hydrogen-bond donors (Lipinski definition) is 1. The normalized spacial score (nSPS) is 17.1. The number of rotatable bonds is 7. The van der Waals surface area contributed by atoms with Crippen LogP contribution in [-0.4, -0.2) is 30.8 Å². The largest absolute Gasteiger partial charge is 0.381 e. The van der Waals surface area contributed by atoms with Crippen LogP contribution in [-0.2, 0) is 22.7 Å². The fraction of sp³-hybridized carbons (Fsp3) is 0.412. The van der Waals surface area contributed by atoms with E-state index in [1.165, 1.54) is 0 Å². The maximum atomic E-state index is 12.0. The molecule has 7 heteroatoms. The van der Waals surface area contributed by atoms with Crippen molar-refractivity contribution in [1.82, 2.24) is 10.5 Å². The van der Waals surface area contributed by atoms with Gasteiger partial charge >= 0.3 is 0 Å². The highest BCUT2D eigenvalue weighted by Gasteiger charge is 2.18. The zero-order chi connectivity index (χ0) is 16.8. The third-order valence-corrected chi connectivity index (χ3v) is 4.32. The van der Waals surface area contributed by atoms with Crippen LogP contribution in [0.4, 0.5) is 0 Å². The molecule has 0 saturated carbocycles. The summed E-state index contributed by atoms with van der Waals surface area (Å²) in [5.74, 6) is 0.681. The monoisotopic (exact) mass is 394 g/mol. The van der Waals surface area contributed by atoms with Crippen LogP contribution in [0.2, 0.25) is 0 Å². The van der Waals surface area contributed by atoms with Gasteiger partial charge in [0, 0.05) is 29.6 Å². The van der Waals surface area contributed by atoms with E-state index in [4.69, 9.17) is 14.0 Å². The van der Waals surface area contributed by atoms with Crippen molar-refractivity contribution in [3.63, 3.8) is 0 Å². The van der Waals surface area contributed by atoms with Crippen molar-refractivity contribution in [2.75, 3.05) is 19.8 Å². The Hall–Kier alpha value is -1.70. The first-order valence-corrected chi connectivity index (χ1v) is 8.64. The predicted molar refractivity (Wildman–Crippen MR) is 90.4 cm³/mol. The van der Waals surface area contributed by atoms with Gasteiger partial charge < -0.3 is 19.3 Å². The molecule has 2 heterocycles. The van der Waals surface area contributed by atoms with Crippen LogP contribution >= 0.6 is 15.9 Å². The summed E-state index contributed by atoms with van der Waals surface area (Å²) in [5.41, 5.74) is 1.34. The molecule has 0 aliphatic carbocycles. The first kappa shape index (κ1) is 17.1. The molecule has 0 bridgehead atoms. The lowest BCUT2D eigenvalue weighted by molar-refractivity contribution is 0.0876. The van der Waals surface area contributed by atoms with E-state index in [1.807, 2.05) is 24.3 Å². The summed E-state index contributed by atoms with van der Waals surface area (Å²) in [6, 6.07) is 9.50. The van der Waals surface area contributed by atoms with Gasteiger partial charge in [0.15, 0.2) is 11.5 Å². The highest BCUT2D eigenvalue weighted by atomic mass is 79.9. The van der Waals surface area contributed by atoms with E-state index >= 15 is 0 Å². The van der Waals surface area contributed by atoms with Crippen LogP contribution in [0.15, 0.2) is 39.3 Å². The fourth-order valence-electron chi connectivity index (χ4n) is 2.41. The molecule has 1 aromatic carbocycles. The SMILES string of the molecule is O=C(NCC1CCOC1)c1cc(COCc2ccc(Br)cc2)on1. The minimum Gasteiger partial charge on any atom is -0.381 e. The third kappa shape index (κ3) is 4.90. The maximum absolute atomic E-state index is 12.0. The summed E-state index contributed by atoms with van der Waals surface area (Å²) in [7, 11) is 0. The van der Waals surface area contributed by atoms with Crippen LogP contribution in [0, 0.1) is 5.92 Å². The van der Waals surface area contributed by atoms with Crippen LogP contribution in [0.3, 0.4) is 0 Å². The Bertz CT molecular complexity index is 665. The molecule has 1 unspecified atom stereocenters. The Morgan fingerprint density at radius 2 is 2.17 bits per heavy atom.